The van der Waals surface area contributed by atoms with Crippen molar-refractivity contribution in [2.45, 2.75) is 5.92 Å². The van der Waals surface area contributed by atoms with Crippen LogP contribution in [0.4, 0.5) is 0 Å². The second-order valence-corrected chi connectivity index (χ2v) is 18.4. The number of pyridine rings is 1. The minimum absolute atomic E-state index is 0.156. The lowest BCUT2D eigenvalue weighted by molar-refractivity contribution is 1.03. The Morgan fingerprint density at radius 1 is 0.338 bits per heavy atom. The molecule has 4 nitrogen and oxygen atoms in total. The molecule has 68 heavy (non-hydrogen) atoms. The predicted octanol–water partition coefficient (Wildman–Crippen LogP) is 16.5. The lowest BCUT2D eigenvalue weighted by Crippen LogP contribution is -2.02. The molecule has 0 radical (unpaired) electrons. The predicted molar refractivity (Wildman–Crippen MR) is 281 cm³/mol. The fourth-order valence-corrected chi connectivity index (χ4v) is 11.3. The number of benzene rings is 9. The van der Waals surface area contributed by atoms with Crippen LogP contribution in [0.3, 0.4) is 0 Å². The number of rotatable bonds is 8. The summed E-state index contributed by atoms with van der Waals surface area (Å²) in [5, 5.41) is 2.46. The van der Waals surface area contributed by atoms with E-state index < -0.39 is 0 Å². The highest BCUT2D eigenvalue weighted by molar-refractivity contribution is 7.26. The van der Waals surface area contributed by atoms with Crippen molar-refractivity contribution >= 4 is 31.5 Å². The molecule has 0 bridgehead atoms. The van der Waals surface area contributed by atoms with Gasteiger partial charge in [0.2, 0.25) is 0 Å². The summed E-state index contributed by atoms with van der Waals surface area (Å²) >= 11 is 1.88. The highest BCUT2D eigenvalue weighted by atomic mass is 32.1. The van der Waals surface area contributed by atoms with E-state index >= 15 is 0 Å². The summed E-state index contributed by atoms with van der Waals surface area (Å²) in [7, 11) is 0. The average Bonchev–Trinajstić information content (AvgIpc) is 3.97. The Hall–Kier alpha value is -8.64. The van der Waals surface area contributed by atoms with Crippen LogP contribution in [-0.4, -0.2) is 19.9 Å². The second kappa shape index (κ2) is 16.7. The Balaban J connectivity index is 1.03. The van der Waals surface area contributed by atoms with Crippen molar-refractivity contribution in [1.29, 1.82) is 0 Å². The first kappa shape index (κ1) is 39.7. The van der Waals surface area contributed by atoms with Gasteiger partial charge in [0.1, 0.15) is 0 Å². The molecular weight excluding hydrogens is 845 g/mol. The van der Waals surface area contributed by atoms with Crippen LogP contribution in [0.15, 0.2) is 237 Å². The molecular formula is C63H40N4S. The summed E-state index contributed by atoms with van der Waals surface area (Å²) < 4.78 is 2.57. The molecule has 0 saturated carbocycles. The van der Waals surface area contributed by atoms with Crippen LogP contribution < -0.4 is 0 Å². The van der Waals surface area contributed by atoms with Crippen LogP contribution in [0.5, 0.6) is 0 Å². The smallest absolute Gasteiger partial charge is 0.166 e. The summed E-state index contributed by atoms with van der Waals surface area (Å²) in [4.78, 5) is 21.1. The van der Waals surface area contributed by atoms with Crippen LogP contribution in [0.1, 0.15) is 22.6 Å². The molecule has 0 aliphatic heterocycles. The van der Waals surface area contributed by atoms with Gasteiger partial charge in [-0.3, -0.25) is 4.98 Å². The van der Waals surface area contributed by atoms with Gasteiger partial charge in [0, 0.05) is 60.1 Å². The van der Waals surface area contributed by atoms with Gasteiger partial charge < -0.3 is 0 Å². The van der Waals surface area contributed by atoms with Crippen molar-refractivity contribution in [3.05, 3.63) is 253 Å². The molecule has 0 amide bonds. The zero-order valence-electron chi connectivity index (χ0n) is 36.8. The SMILES string of the molecule is c1ccc(-c2cc(-c3ccccc3)cc(-c3cnc(-c4ccc5sc6c7c(ccc6c5c4)-c4ccccc4C7c4ccccc4)c(-c4nc(-c5ccccc5)nc(-c5ccccc5)n4)c3)c2)cc1. The Morgan fingerprint density at radius 3 is 1.49 bits per heavy atom. The summed E-state index contributed by atoms with van der Waals surface area (Å²) in [6, 6.07) is 81.9. The van der Waals surface area contributed by atoms with E-state index in [4.69, 9.17) is 19.9 Å². The maximum atomic E-state index is 5.42. The van der Waals surface area contributed by atoms with Crippen molar-refractivity contribution in [1.82, 2.24) is 19.9 Å². The second-order valence-electron chi connectivity index (χ2n) is 17.3. The van der Waals surface area contributed by atoms with Gasteiger partial charge in [-0.25, -0.2) is 15.0 Å². The minimum Gasteiger partial charge on any atom is -0.255 e. The summed E-state index contributed by atoms with van der Waals surface area (Å²) in [5.74, 6) is 1.92. The summed E-state index contributed by atoms with van der Waals surface area (Å²) in [6.07, 6.45) is 2.01. The van der Waals surface area contributed by atoms with Crippen LogP contribution in [0.25, 0.3) is 110 Å². The fraction of sp³-hybridized carbons (Fsp3) is 0.0159. The Bertz CT molecular complexity index is 3720. The average molecular weight is 885 g/mol. The first-order valence-electron chi connectivity index (χ1n) is 23.0. The highest BCUT2D eigenvalue weighted by Crippen LogP contribution is 2.53. The number of aromatic nitrogens is 4. The van der Waals surface area contributed by atoms with Gasteiger partial charge in [-0.15, -0.1) is 11.3 Å². The van der Waals surface area contributed by atoms with Crippen molar-refractivity contribution in [3.8, 4) is 89.9 Å². The number of hydrogen-bond donors (Lipinski definition) is 0. The number of thiophene rings is 1. The molecule has 3 aromatic heterocycles. The first-order chi connectivity index (χ1) is 33.7. The molecule has 0 saturated heterocycles. The fourth-order valence-electron chi connectivity index (χ4n) is 10.0. The van der Waals surface area contributed by atoms with Gasteiger partial charge >= 0.3 is 0 Å². The molecule has 0 spiro atoms. The quantitative estimate of drug-likeness (QED) is 0.153. The van der Waals surface area contributed by atoms with Gasteiger partial charge in [-0.2, -0.15) is 0 Å². The third-order valence-corrected chi connectivity index (χ3v) is 14.5. The minimum atomic E-state index is 0.156. The van der Waals surface area contributed by atoms with E-state index in [9.17, 15) is 0 Å². The van der Waals surface area contributed by atoms with Gasteiger partial charge in [0.05, 0.1) is 5.69 Å². The Kier molecular flexibility index (Phi) is 9.73. The third kappa shape index (κ3) is 7.00. The van der Waals surface area contributed by atoms with Crippen molar-refractivity contribution in [3.63, 3.8) is 0 Å². The van der Waals surface area contributed by atoms with E-state index in [0.29, 0.717) is 17.5 Å². The third-order valence-electron chi connectivity index (χ3n) is 13.2. The normalized spacial score (nSPS) is 12.9. The maximum absolute atomic E-state index is 5.42. The molecule has 318 valence electrons. The number of nitrogens with zero attached hydrogens (tertiary/aromatic N) is 4. The van der Waals surface area contributed by atoms with E-state index in [1.54, 1.807) is 0 Å². The van der Waals surface area contributed by atoms with E-state index in [1.165, 1.54) is 48.0 Å². The molecule has 1 aliphatic rings. The Labute approximate surface area is 398 Å². The first-order valence-corrected chi connectivity index (χ1v) is 23.8. The van der Waals surface area contributed by atoms with Crippen molar-refractivity contribution in [2.24, 2.45) is 0 Å². The van der Waals surface area contributed by atoms with E-state index in [1.807, 2.05) is 53.9 Å². The zero-order chi connectivity index (χ0) is 45.0. The molecule has 1 aliphatic carbocycles. The molecule has 3 heterocycles. The number of hydrogen-bond acceptors (Lipinski definition) is 5. The van der Waals surface area contributed by atoms with Crippen LogP contribution in [0, 0.1) is 0 Å². The van der Waals surface area contributed by atoms with Crippen LogP contribution in [-0.2, 0) is 0 Å². The zero-order valence-corrected chi connectivity index (χ0v) is 37.6. The van der Waals surface area contributed by atoms with E-state index in [2.05, 4.69) is 194 Å². The van der Waals surface area contributed by atoms with Crippen LogP contribution in [0.2, 0.25) is 0 Å². The largest absolute Gasteiger partial charge is 0.255 e. The molecule has 13 rings (SSSR count). The summed E-state index contributed by atoms with van der Waals surface area (Å²) in [5.41, 5.74) is 17.7. The molecule has 5 heteroatoms. The van der Waals surface area contributed by atoms with E-state index in [0.717, 1.165) is 61.3 Å². The lowest BCUT2D eigenvalue weighted by atomic mass is 9.89. The van der Waals surface area contributed by atoms with Gasteiger partial charge in [0.15, 0.2) is 17.5 Å². The Morgan fingerprint density at radius 2 is 0.868 bits per heavy atom. The molecule has 0 fully saturated rings. The van der Waals surface area contributed by atoms with Gasteiger partial charge in [-0.1, -0.05) is 194 Å². The highest BCUT2D eigenvalue weighted by Gasteiger charge is 2.32. The molecule has 9 aromatic carbocycles. The molecule has 1 unspecified atom stereocenters. The standard InChI is InChI=1S/C63H40N4S/c1-6-18-40(19-7-1)46-34-47(41-20-8-2-9-21-41)36-48(35-46)49-38-55(63-66-61(43-24-12-4-13-25-43)65-62(67-63)44-26-14-5-15-27-44)59(64-39-49)45-30-33-56-54(37-45)53-32-31-52-50-28-16-17-29-51(50)57(58(52)60(53)68-56)42-22-10-3-11-23-42/h1-39,57H. The summed E-state index contributed by atoms with van der Waals surface area (Å²) in [6.45, 7) is 0. The molecule has 12 aromatic rings. The monoisotopic (exact) mass is 884 g/mol. The van der Waals surface area contributed by atoms with Crippen LogP contribution >= 0.6 is 11.3 Å². The number of fused-ring (bicyclic) bond motifs is 7. The lowest BCUT2D eigenvalue weighted by Gasteiger charge is -2.15. The van der Waals surface area contributed by atoms with E-state index in [-0.39, 0.29) is 5.92 Å². The van der Waals surface area contributed by atoms with Crippen molar-refractivity contribution < 1.29 is 0 Å². The molecule has 0 N–H and O–H groups in total. The van der Waals surface area contributed by atoms with Gasteiger partial charge in [-0.05, 0) is 92.0 Å². The topological polar surface area (TPSA) is 51.6 Å². The molecule has 1 atom stereocenters. The van der Waals surface area contributed by atoms with Gasteiger partial charge in [0.25, 0.3) is 0 Å². The van der Waals surface area contributed by atoms with Crippen molar-refractivity contribution in [2.75, 3.05) is 0 Å². The maximum Gasteiger partial charge on any atom is 0.166 e.